The van der Waals surface area contributed by atoms with Crippen molar-refractivity contribution in [2.75, 3.05) is 0 Å². The van der Waals surface area contributed by atoms with E-state index in [1.807, 2.05) is 10.6 Å². The maximum atomic E-state index is 13.1. The van der Waals surface area contributed by atoms with Crippen molar-refractivity contribution < 1.29 is 13.5 Å². The largest absolute Gasteiger partial charge is 0.486 e. The summed E-state index contributed by atoms with van der Waals surface area (Å²) in [6.07, 6.45) is 4.99. The first-order chi connectivity index (χ1) is 16.1. The van der Waals surface area contributed by atoms with Crippen LogP contribution < -0.4 is 10.4 Å². The lowest BCUT2D eigenvalue weighted by atomic mass is 10.0. The Bertz CT molecular complexity index is 1380. The van der Waals surface area contributed by atoms with Crippen LogP contribution in [0.5, 0.6) is 5.75 Å². The van der Waals surface area contributed by atoms with E-state index in [1.54, 1.807) is 24.3 Å². The number of aryl methyl sites for hydroxylation is 2. The Kier molecular flexibility index (Phi) is 6.00. The highest BCUT2D eigenvalue weighted by Crippen LogP contribution is 2.31. The van der Waals surface area contributed by atoms with Crippen LogP contribution in [0.3, 0.4) is 0 Å². The van der Waals surface area contributed by atoms with E-state index in [0.717, 1.165) is 30.2 Å². The topological polar surface area (TPSA) is 70.2 Å². The average Bonchev–Trinajstić information content (AvgIpc) is 3.42. The molecule has 2 heterocycles. The van der Waals surface area contributed by atoms with E-state index < -0.39 is 0 Å². The first kappa shape index (κ1) is 21.5. The molecule has 0 fully saturated rings. The Morgan fingerprint density at radius 3 is 2.73 bits per heavy atom. The Labute approximate surface area is 194 Å². The van der Waals surface area contributed by atoms with Crippen molar-refractivity contribution in [1.82, 2.24) is 14.8 Å². The van der Waals surface area contributed by atoms with E-state index in [4.69, 9.17) is 9.15 Å². The van der Waals surface area contributed by atoms with Gasteiger partial charge in [0.2, 0.25) is 0 Å². The highest BCUT2D eigenvalue weighted by atomic mass is 32.2. The van der Waals surface area contributed by atoms with Gasteiger partial charge in [-0.25, -0.2) is 9.18 Å². The smallest absolute Gasteiger partial charge is 0.336 e. The lowest BCUT2D eigenvalue weighted by Crippen LogP contribution is -2.07. The molecule has 2 aromatic heterocycles. The maximum absolute atomic E-state index is 13.1. The summed E-state index contributed by atoms with van der Waals surface area (Å²) in [4.78, 5) is 12.2. The van der Waals surface area contributed by atoms with Gasteiger partial charge in [0.15, 0.2) is 11.0 Å². The molecule has 0 amide bonds. The fourth-order valence-corrected chi connectivity index (χ4v) is 5.04. The highest BCUT2D eigenvalue weighted by Gasteiger charge is 2.17. The second kappa shape index (κ2) is 9.23. The summed E-state index contributed by atoms with van der Waals surface area (Å²) in [6, 6.07) is 11.6. The number of allylic oxidation sites excluding steroid dienone is 1. The van der Waals surface area contributed by atoms with Gasteiger partial charge in [-0.05, 0) is 72.4 Å². The van der Waals surface area contributed by atoms with E-state index in [2.05, 4.69) is 22.8 Å². The van der Waals surface area contributed by atoms with Crippen LogP contribution in [0.1, 0.15) is 28.9 Å². The fraction of sp³-hybridized carbons (Fsp3) is 0.240. The van der Waals surface area contributed by atoms with Crippen LogP contribution in [-0.4, -0.2) is 14.8 Å². The number of ether oxygens (including phenoxy) is 1. The van der Waals surface area contributed by atoms with Gasteiger partial charge in [-0.2, -0.15) is 0 Å². The molecule has 0 spiro atoms. The van der Waals surface area contributed by atoms with Crippen LogP contribution in [0.25, 0.3) is 11.0 Å². The van der Waals surface area contributed by atoms with Crippen LogP contribution in [0.15, 0.2) is 69.5 Å². The van der Waals surface area contributed by atoms with Gasteiger partial charge in [-0.15, -0.1) is 16.8 Å². The van der Waals surface area contributed by atoms with Crippen molar-refractivity contribution in [2.45, 2.75) is 43.3 Å². The summed E-state index contributed by atoms with van der Waals surface area (Å²) in [5, 5.41) is 10.3. The van der Waals surface area contributed by atoms with Crippen molar-refractivity contribution >= 4 is 22.7 Å². The number of aromatic nitrogens is 3. The molecular weight excluding hydrogens is 441 g/mol. The summed E-state index contributed by atoms with van der Waals surface area (Å²) in [6.45, 7) is 4.54. The highest BCUT2D eigenvalue weighted by molar-refractivity contribution is 7.98. The zero-order valence-corrected chi connectivity index (χ0v) is 18.7. The van der Waals surface area contributed by atoms with E-state index in [-0.39, 0.29) is 18.0 Å². The zero-order chi connectivity index (χ0) is 22.8. The molecule has 168 valence electrons. The van der Waals surface area contributed by atoms with Crippen molar-refractivity contribution in [3.63, 3.8) is 0 Å². The van der Waals surface area contributed by atoms with E-state index >= 15 is 0 Å². The summed E-state index contributed by atoms with van der Waals surface area (Å²) in [7, 11) is 0. The molecule has 0 atom stereocenters. The summed E-state index contributed by atoms with van der Waals surface area (Å²) in [5.41, 5.74) is 3.81. The third kappa shape index (κ3) is 4.57. The van der Waals surface area contributed by atoms with Gasteiger partial charge < -0.3 is 9.15 Å². The monoisotopic (exact) mass is 463 g/mol. The quantitative estimate of drug-likeness (QED) is 0.206. The van der Waals surface area contributed by atoms with E-state index in [0.29, 0.717) is 34.6 Å². The average molecular weight is 464 g/mol. The van der Waals surface area contributed by atoms with E-state index in [9.17, 15) is 9.18 Å². The summed E-state index contributed by atoms with van der Waals surface area (Å²) < 4.78 is 26.2. The van der Waals surface area contributed by atoms with Gasteiger partial charge in [0.1, 0.15) is 23.8 Å². The maximum Gasteiger partial charge on any atom is 0.336 e. The molecule has 8 heteroatoms. The van der Waals surface area contributed by atoms with Crippen LogP contribution in [0, 0.1) is 5.82 Å². The van der Waals surface area contributed by atoms with Crippen molar-refractivity contribution in [1.29, 1.82) is 0 Å². The lowest BCUT2D eigenvalue weighted by molar-refractivity contribution is 0.288. The van der Waals surface area contributed by atoms with Gasteiger partial charge in [0.25, 0.3) is 0 Å². The van der Waals surface area contributed by atoms with Gasteiger partial charge in [0, 0.05) is 23.8 Å². The van der Waals surface area contributed by atoms with Gasteiger partial charge >= 0.3 is 5.63 Å². The van der Waals surface area contributed by atoms with Crippen molar-refractivity contribution in [2.24, 2.45) is 0 Å². The molecule has 33 heavy (non-hydrogen) atoms. The first-order valence-electron chi connectivity index (χ1n) is 10.7. The first-order valence-corrected chi connectivity index (χ1v) is 11.7. The fourth-order valence-electron chi connectivity index (χ4n) is 4.08. The van der Waals surface area contributed by atoms with Crippen LogP contribution in [0.2, 0.25) is 0 Å². The molecule has 1 aliphatic rings. The van der Waals surface area contributed by atoms with Gasteiger partial charge in [-0.1, -0.05) is 17.8 Å². The standard InChI is InChI=1S/C25H22FN3O3S/c1-2-10-29-23(14-31-20-8-6-19(26)7-9-20)27-28-25(29)33-15-18-13-24(30)32-22-12-17-5-3-4-16(17)11-21(18)22/h2,6-9,11-13H,1,3-5,10,14-15H2. The predicted molar refractivity (Wildman–Crippen MR) is 125 cm³/mol. The lowest BCUT2D eigenvalue weighted by Gasteiger charge is -2.10. The Balaban J connectivity index is 1.37. The molecule has 0 radical (unpaired) electrons. The third-order valence-electron chi connectivity index (χ3n) is 5.69. The molecule has 4 aromatic rings. The molecule has 5 rings (SSSR count). The number of thioether (sulfide) groups is 1. The number of rotatable bonds is 8. The zero-order valence-electron chi connectivity index (χ0n) is 17.9. The molecule has 2 aromatic carbocycles. The molecular formula is C25H22FN3O3S. The number of benzene rings is 2. The van der Waals surface area contributed by atoms with Gasteiger partial charge in [-0.3, -0.25) is 4.57 Å². The molecule has 0 aliphatic heterocycles. The molecule has 6 nitrogen and oxygen atoms in total. The minimum absolute atomic E-state index is 0.191. The minimum Gasteiger partial charge on any atom is -0.486 e. The number of fused-ring (bicyclic) bond motifs is 2. The summed E-state index contributed by atoms with van der Waals surface area (Å²) in [5.74, 6) is 1.42. The molecule has 0 unspecified atom stereocenters. The van der Waals surface area contributed by atoms with Crippen molar-refractivity contribution in [3.8, 4) is 5.75 Å². The number of hydrogen-bond acceptors (Lipinski definition) is 6. The number of halogens is 1. The molecule has 0 N–H and O–H groups in total. The normalized spacial score (nSPS) is 12.8. The second-order valence-electron chi connectivity index (χ2n) is 7.89. The van der Waals surface area contributed by atoms with Crippen molar-refractivity contribution in [3.05, 3.63) is 93.9 Å². The Hall–Kier alpha value is -3.39. The molecule has 0 saturated heterocycles. The van der Waals surface area contributed by atoms with Crippen LogP contribution in [-0.2, 0) is 31.7 Å². The Morgan fingerprint density at radius 2 is 1.94 bits per heavy atom. The third-order valence-corrected chi connectivity index (χ3v) is 6.70. The van der Waals surface area contributed by atoms with Crippen LogP contribution in [0.4, 0.5) is 4.39 Å². The predicted octanol–water partition coefficient (Wildman–Crippen LogP) is 5.07. The number of nitrogens with zero attached hydrogens (tertiary/aromatic N) is 3. The minimum atomic E-state index is -0.350. The van der Waals surface area contributed by atoms with Gasteiger partial charge in [0.05, 0.1) is 0 Å². The SMILES string of the molecule is C=CCn1c(COc2ccc(F)cc2)nnc1SCc1cc(=O)oc2cc3c(cc12)CCC3. The molecule has 1 aliphatic carbocycles. The van der Waals surface area contributed by atoms with Crippen LogP contribution >= 0.6 is 11.8 Å². The number of hydrogen-bond donors (Lipinski definition) is 0. The summed E-state index contributed by atoms with van der Waals surface area (Å²) >= 11 is 1.50. The van der Waals surface area contributed by atoms with E-state index in [1.165, 1.54) is 35.0 Å². The molecule has 0 saturated carbocycles. The Morgan fingerprint density at radius 1 is 1.15 bits per heavy atom. The second-order valence-corrected chi connectivity index (χ2v) is 8.83. The molecule has 0 bridgehead atoms.